The fourth-order valence-corrected chi connectivity index (χ4v) is 9.58. The van der Waals surface area contributed by atoms with Crippen molar-refractivity contribution in [2.24, 2.45) is 0 Å². The average molecular weight is 754 g/mol. The molecule has 4 heterocycles. The highest BCUT2D eigenvalue weighted by atomic mass is 16.5. The van der Waals surface area contributed by atoms with Crippen molar-refractivity contribution in [1.29, 1.82) is 0 Å². The molecule has 2 aliphatic heterocycles. The Morgan fingerprint density at radius 1 is 0.373 bits per heavy atom. The summed E-state index contributed by atoms with van der Waals surface area (Å²) in [5.41, 5.74) is 16.2. The second-order valence-electron chi connectivity index (χ2n) is 15.6. The van der Waals surface area contributed by atoms with Gasteiger partial charge in [-0.25, -0.2) is 0 Å². The van der Waals surface area contributed by atoms with Crippen molar-refractivity contribution in [1.82, 2.24) is 4.57 Å². The number of benzene rings is 9. The van der Waals surface area contributed by atoms with Gasteiger partial charge in [-0.05, 0) is 106 Å². The Morgan fingerprint density at radius 3 is 1.78 bits per heavy atom. The molecule has 0 radical (unpaired) electrons. The molecular weight excluding hydrogens is 721 g/mol. The molecule has 0 fully saturated rings. The van der Waals surface area contributed by atoms with Gasteiger partial charge in [-0.1, -0.05) is 127 Å². The van der Waals surface area contributed by atoms with E-state index in [1.165, 1.54) is 21.8 Å². The van der Waals surface area contributed by atoms with Crippen LogP contribution in [-0.4, -0.2) is 11.5 Å². The topological polar surface area (TPSA) is 36.5 Å². The smallest absolute Gasteiger partial charge is 0.434 e. The molecule has 0 amide bonds. The Balaban J connectivity index is 0.912. The van der Waals surface area contributed by atoms with Gasteiger partial charge < -0.3 is 18.4 Å². The number of furan rings is 1. The molecule has 5 heteroatoms. The number of ether oxygens (including phenoxy) is 1. The minimum Gasteiger partial charge on any atom is -0.551 e. The van der Waals surface area contributed by atoms with Crippen LogP contribution in [0.25, 0.3) is 93.9 Å². The van der Waals surface area contributed by atoms with E-state index in [9.17, 15) is 0 Å². The molecule has 11 aromatic rings. The molecule has 0 saturated heterocycles. The summed E-state index contributed by atoms with van der Waals surface area (Å²) in [6, 6.07) is 68.9. The Morgan fingerprint density at radius 2 is 0.983 bits per heavy atom. The standard InChI is InChI=1S/C54H32BNO3/c1-2-12-39(38(11-1)35-23-27-44-42-15-5-9-19-49(42)57-51(44)31-35)36-29-45-43-16-6-10-20-50(43)59-55-46-28-24-34(30-52(46)58-53(32-36)54(45)55)33-21-25-37(26-22-33)56-47-17-7-3-13-40(47)41-14-4-8-18-48(41)56/h1-32H. The van der Waals surface area contributed by atoms with Crippen LogP contribution in [0.3, 0.4) is 0 Å². The van der Waals surface area contributed by atoms with Gasteiger partial charge in [0.05, 0.1) is 11.0 Å². The Kier molecular flexibility index (Phi) is 6.78. The van der Waals surface area contributed by atoms with E-state index in [1.807, 2.05) is 18.2 Å². The van der Waals surface area contributed by atoms with Crippen molar-refractivity contribution in [2.75, 3.05) is 0 Å². The number of fused-ring (bicyclic) bond motifs is 10. The molecule has 274 valence electrons. The van der Waals surface area contributed by atoms with Gasteiger partial charge in [0, 0.05) is 43.7 Å². The molecule has 13 rings (SSSR count). The molecule has 0 spiro atoms. The van der Waals surface area contributed by atoms with Crippen LogP contribution in [0.2, 0.25) is 0 Å². The second kappa shape index (κ2) is 12.4. The van der Waals surface area contributed by atoms with Crippen molar-refractivity contribution >= 4 is 61.6 Å². The Labute approximate surface area is 340 Å². The van der Waals surface area contributed by atoms with Crippen LogP contribution in [0.15, 0.2) is 199 Å². The molecule has 0 unspecified atom stereocenters. The third-order valence-electron chi connectivity index (χ3n) is 12.3. The van der Waals surface area contributed by atoms with E-state index in [1.54, 1.807) is 0 Å². The molecule has 0 N–H and O–H groups in total. The highest BCUT2D eigenvalue weighted by Gasteiger charge is 2.41. The predicted molar refractivity (Wildman–Crippen MR) is 242 cm³/mol. The zero-order chi connectivity index (χ0) is 38.6. The van der Waals surface area contributed by atoms with Crippen molar-refractivity contribution in [2.45, 2.75) is 0 Å². The third kappa shape index (κ3) is 4.85. The largest absolute Gasteiger partial charge is 0.551 e. The zero-order valence-corrected chi connectivity index (χ0v) is 31.7. The van der Waals surface area contributed by atoms with E-state index < -0.39 is 0 Å². The van der Waals surface area contributed by atoms with E-state index in [4.69, 9.17) is 13.8 Å². The van der Waals surface area contributed by atoms with Crippen LogP contribution in [0.1, 0.15) is 0 Å². The summed E-state index contributed by atoms with van der Waals surface area (Å²) in [7, 11) is 0. The quantitative estimate of drug-likeness (QED) is 0.168. The highest BCUT2D eigenvalue weighted by molar-refractivity contribution is 6.84. The summed E-state index contributed by atoms with van der Waals surface area (Å²) in [6.45, 7) is -0.301. The maximum Gasteiger partial charge on any atom is 0.434 e. The summed E-state index contributed by atoms with van der Waals surface area (Å²) in [4.78, 5) is 0. The van der Waals surface area contributed by atoms with Gasteiger partial charge in [0.1, 0.15) is 28.4 Å². The number of hydrogen-bond donors (Lipinski definition) is 0. The van der Waals surface area contributed by atoms with Crippen LogP contribution in [0.4, 0.5) is 0 Å². The summed E-state index contributed by atoms with van der Waals surface area (Å²) in [5.74, 6) is 2.48. The predicted octanol–water partition coefficient (Wildman–Crippen LogP) is 13.0. The fourth-order valence-electron chi connectivity index (χ4n) is 9.58. The number of rotatable bonds is 4. The van der Waals surface area contributed by atoms with Gasteiger partial charge in [0.15, 0.2) is 0 Å². The molecule has 0 saturated carbocycles. The summed E-state index contributed by atoms with van der Waals surface area (Å²) < 4.78 is 22.5. The molecule has 2 aliphatic rings. The molecular formula is C54H32BNO3. The third-order valence-corrected chi connectivity index (χ3v) is 12.3. The molecule has 59 heavy (non-hydrogen) atoms. The maximum absolute atomic E-state index is 6.98. The van der Waals surface area contributed by atoms with E-state index >= 15 is 0 Å². The van der Waals surface area contributed by atoms with Crippen molar-refractivity contribution in [3.63, 3.8) is 0 Å². The summed E-state index contributed by atoms with van der Waals surface area (Å²) in [6.07, 6.45) is 0. The van der Waals surface area contributed by atoms with Gasteiger partial charge in [-0.15, -0.1) is 0 Å². The SMILES string of the molecule is c1ccc2c(c1)OB1c3ccc(-c4ccc(-n5c6ccccc6c6ccccc65)cc4)cc3Oc3cc(-c4ccccc4-c4ccc5c(c4)oc4ccccc45)cc-2c31. The minimum absolute atomic E-state index is 0.301. The van der Waals surface area contributed by atoms with Crippen LogP contribution >= 0.6 is 0 Å². The van der Waals surface area contributed by atoms with Crippen molar-refractivity contribution in [3.05, 3.63) is 194 Å². The van der Waals surface area contributed by atoms with Gasteiger partial charge in [0.25, 0.3) is 0 Å². The lowest BCUT2D eigenvalue weighted by Crippen LogP contribution is -2.53. The first-order valence-electron chi connectivity index (χ1n) is 20.1. The Hall–Kier alpha value is -7.76. The van der Waals surface area contributed by atoms with Gasteiger partial charge in [-0.2, -0.15) is 0 Å². The minimum atomic E-state index is -0.301. The van der Waals surface area contributed by atoms with Crippen LogP contribution in [-0.2, 0) is 0 Å². The summed E-state index contributed by atoms with van der Waals surface area (Å²) >= 11 is 0. The number of para-hydroxylation sites is 4. The monoisotopic (exact) mass is 753 g/mol. The molecule has 9 aromatic carbocycles. The van der Waals surface area contributed by atoms with E-state index in [0.29, 0.717) is 0 Å². The molecule has 4 nitrogen and oxygen atoms in total. The number of aromatic nitrogens is 1. The van der Waals surface area contributed by atoms with Crippen LogP contribution < -0.4 is 20.3 Å². The fraction of sp³-hybridized carbons (Fsp3) is 0. The normalized spacial score (nSPS) is 12.6. The first-order chi connectivity index (χ1) is 29.2. The average Bonchev–Trinajstić information content (AvgIpc) is 3.84. The Bertz CT molecular complexity index is 3470. The molecule has 0 aliphatic carbocycles. The van der Waals surface area contributed by atoms with Crippen LogP contribution in [0, 0.1) is 0 Å². The molecule has 2 aromatic heterocycles. The number of hydrogen-bond acceptors (Lipinski definition) is 3. The molecule has 0 bridgehead atoms. The van der Waals surface area contributed by atoms with E-state index in [-0.39, 0.29) is 6.92 Å². The lowest BCUT2D eigenvalue weighted by molar-refractivity contribution is 0.480. The van der Waals surface area contributed by atoms with Gasteiger partial charge >= 0.3 is 6.92 Å². The van der Waals surface area contributed by atoms with Crippen LogP contribution in [0.5, 0.6) is 17.2 Å². The van der Waals surface area contributed by atoms with E-state index in [0.717, 1.165) is 100 Å². The van der Waals surface area contributed by atoms with Gasteiger partial charge in [-0.3, -0.25) is 0 Å². The maximum atomic E-state index is 6.98. The lowest BCUT2D eigenvalue weighted by atomic mass is 9.50. The highest BCUT2D eigenvalue weighted by Crippen LogP contribution is 2.44. The first kappa shape index (κ1) is 32.3. The first-order valence-corrected chi connectivity index (χ1v) is 20.1. The van der Waals surface area contributed by atoms with E-state index in [2.05, 4.69) is 180 Å². The van der Waals surface area contributed by atoms with Crippen molar-refractivity contribution < 1.29 is 13.8 Å². The number of nitrogens with zero attached hydrogens (tertiary/aromatic N) is 1. The van der Waals surface area contributed by atoms with Gasteiger partial charge in [0.2, 0.25) is 0 Å². The summed E-state index contributed by atoms with van der Waals surface area (Å²) in [5, 5.41) is 4.76. The van der Waals surface area contributed by atoms with Crippen molar-refractivity contribution in [3.8, 4) is 67.4 Å². The zero-order valence-electron chi connectivity index (χ0n) is 31.7. The lowest BCUT2D eigenvalue weighted by Gasteiger charge is -2.33. The molecule has 0 atom stereocenters. The second-order valence-corrected chi connectivity index (χ2v) is 15.6.